The van der Waals surface area contributed by atoms with Crippen molar-refractivity contribution in [3.05, 3.63) is 22.7 Å². The summed E-state index contributed by atoms with van der Waals surface area (Å²) < 4.78 is 0. The largest absolute Gasteiger partial charge is 0.354 e. The summed E-state index contributed by atoms with van der Waals surface area (Å²) in [5, 5.41) is 3.11. The van der Waals surface area contributed by atoms with E-state index in [2.05, 4.69) is 15.3 Å². The monoisotopic (exact) mass is 367 g/mol. The highest BCUT2D eigenvalue weighted by atomic mass is 35.5. The van der Waals surface area contributed by atoms with Gasteiger partial charge in [0.05, 0.1) is 11.2 Å². The first-order valence-corrected chi connectivity index (χ1v) is 9.12. The molecule has 1 saturated heterocycles. The number of nitrogens with two attached hydrogens (primary N) is 1. The summed E-state index contributed by atoms with van der Waals surface area (Å²) in [7, 11) is 0. The Morgan fingerprint density at radius 2 is 2.20 bits per heavy atom. The molecule has 0 saturated carbocycles. The minimum absolute atomic E-state index is 0.0588. The summed E-state index contributed by atoms with van der Waals surface area (Å²) >= 11 is 6.18. The molecule has 1 aromatic rings. The predicted molar refractivity (Wildman–Crippen MR) is 96.5 cm³/mol. The summed E-state index contributed by atoms with van der Waals surface area (Å²) in [6, 6.07) is -0.0588. The molecular weight excluding hydrogens is 342 g/mol. The van der Waals surface area contributed by atoms with Crippen molar-refractivity contribution in [2.45, 2.75) is 51.5 Å². The lowest BCUT2D eigenvalue weighted by Gasteiger charge is -2.35. The van der Waals surface area contributed by atoms with Crippen molar-refractivity contribution in [1.82, 2.24) is 20.2 Å². The third-order valence-electron chi connectivity index (χ3n) is 4.28. The van der Waals surface area contributed by atoms with Crippen LogP contribution in [0.4, 0.5) is 0 Å². The van der Waals surface area contributed by atoms with Crippen molar-refractivity contribution in [3.63, 3.8) is 0 Å². The van der Waals surface area contributed by atoms with Gasteiger partial charge < -0.3 is 16.0 Å². The second-order valence-electron chi connectivity index (χ2n) is 6.57. The van der Waals surface area contributed by atoms with Gasteiger partial charge in [0.1, 0.15) is 5.82 Å². The lowest BCUT2D eigenvalue weighted by Crippen LogP contribution is -2.49. The van der Waals surface area contributed by atoms with Gasteiger partial charge in [0.15, 0.2) is 5.69 Å². The number of likely N-dealkylation sites (tertiary alicyclic amines) is 1. The molecule has 7 nitrogen and oxygen atoms in total. The molecule has 2 heterocycles. The molecule has 1 unspecified atom stereocenters. The number of nitrogens with one attached hydrogen (secondary N) is 1. The van der Waals surface area contributed by atoms with E-state index in [9.17, 15) is 9.59 Å². The summed E-state index contributed by atoms with van der Waals surface area (Å²) in [4.78, 5) is 35.0. The Morgan fingerprint density at radius 3 is 2.88 bits per heavy atom. The maximum absolute atomic E-state index is 13.0. The molecule has 8 heteroatoms. The van der Waals surface area contributed by atoms with Gasteiger partial charge in [-0.05, 0) is 19.3 Å². The number of amides is 2. The Balaban J connectivity index is 2.14. The number of hydrogen-bond acceptors (Lipinski definition) is 5. The lowest BCUT2D eigenvalue weighted by atomic mass is 10.0. The second kappa shape index (κ2) is 9.10. The Kier molecular flexibility index (Phi) is 7.13. The molecule has 1 fully saturated rings. The van der Waals surface area contributed by atoms with Gasteiger partial charge in [-0.3, -0.25) is 9.59 Å². The smallest absolute Gasteiger partial charge is 0.274 e. The van der Waals surface area contributed by atoms with E-state index in [0.29, 0.717) is 25.5 Å². The van der Waals surface area contributed by atoms with Crippen LogP contribution >= 0.6 is 11.6 Å². The molecule has 0 radical (unpaired) electrons. The highest BCUT2D eigenvalue weighted by Gasteiger charge is 2.30. The van der Waals surface area contributed by atoms with Crippen LogP contribution in [-0.2, 0) is 4.79 Å². The summed E-state index contributed by atoms with van der Waals surface area (Å²) in [5.74, 6) is 0.406. The first-order chi connectivity index (χ1) is 11.9. The van der Waals surface area contributed by atoms with Gasteiger partial charge in [-0.1, -0.05) is 25.4 Å². The van der Waals surface area contributed by atoms with Crippen molar-refractivity contribution >= 4 is 23.4 Å². The molecule has 0 spiro atoms. The molecule has 1 aliphatic heterocycles. The van der Waals surface area contributed by atoms with E-state index in [1.807, 2.05) is 13.8 Å². The van der Waals surface area contributed by atoms with Crippen molar-refractivity contribution in [3.8, 4) is 0 Å². The molecule has 0 aliphatic carbocycles. The third-order valence-corrected chi connectivity index (χ3v) is 4.55. The summed E-state index contributed by atoms with van der Waals surface area (Å²) in [5.41, 5.74) is 5.63. The van der Waals surface area contributed by atoms with Crippen LogP contribution in [0.15, 0.2) is 6.20 Å². The van der Waals surface area contributed by atoms with Crippen LogP contribution in [0.3, 0.4) is 0 Å². The average molecular weight is 368 g/mol. The minimum Gasteiger partial charge on any atom is -0.354 e. The highest BCUT2D eigenvalue weighted by Crippen LogP contribution is 2.23. The van der Waals surface area contributed by atoms with Crippen LogP contribution < -0.4 is 11.1 Å². The zero-order valence-electron chi connectivity index (χ0n) is 14.8. The topological polar surface area (TPSA) is 101 Å². The van der Waals surface area contributed by atoms with E-state index in [-0.39, 0.29) is 40.9 Å². The standard InChI is InChI=1S/C17H26ClN5O2/c1-11(2)16-21-10-13(18)15(22-16)17(25)23-8-4-3-5-12(23)9-20-14(24)6-7-19/h10-12H,3-9,19H2,1-2H3,(H,20,24). The number of aromatic nitrogens is 2. The predicted octanol–water partition coefficient (Wildman–Crippen LogP) is 1.71. The van der Waals surface area contributed by atoms with Crippen LogP contribution in [0.1, 0.15) is 61.8 Å². The Hall–Kier alpha value is -1.73. The number of hydrogen-bond donors (Lipinski definition) is 2. The summed E-state index contributed by atoms with van der Waals surface area (Å²) in [6.45, 7) is 5.30. The van der Waals surface area contributed by atoms with E-state index < -0.39 is 0 Å². The number of carbonyl (C=O) groups excluding carboxylic acids is 2. The Bertz CT molecular complexity index is 623. The van der Waals surface area contributed by atoms with Gasteiger partial charge >= 0.3 is 0 Å². The van der Waals surface area contributed by atoms with Crippen molar-refractivity contribution in [1.29, 1.82) is 0 Å². The normalized spacial score (nSPS) is 17.6. The lowest BCUT2D eigenvalue weighted by molar-refractivity contribution is -0.121. The van der Waals surface area contributed by atoms with Gasteiger partial charge in [-0.2, -0.15) is 0 Å². The molecule has 1 aromatic heterocycles. The van der Waals surface area contributed by atoms with Crippen LogP contribution in [0.2, 0.25) is 5.02 Å². The molecule has 0 bridgehead atoms. The fraction of sp³-hybridized carbons (Fsp3) is 0.647. The summed E-state index contributed by atoms with van der Waals surface area (Å²) in [6.07, 6.45) is 4.57. The maximum Gasteiger partial charge on any atom is 0.274 e. The molecule has 2 amide bonds. The van der Waals surface area contributed by atoms with Gasteiger partial charge in [0, 0.05) is 38.0 Å². The number of nitrogens with zero attached hydrogens (tertiary/aromatic N) is 3. The molecule has 0 aromatic carbocycles. The highest BCUT2D eigenvalue weighted by molar-refractivity contribution is 6.33. The number of rotatable bonds is 6. The van der Waals surface area contributed by atoms with Crippen LogP contribution in [0, 0.1) is 0 Å². The second-order valence-corrected chi connectivity index (χ2v) is 6.98. The molecule has 1 atom stereocenters. The van der Waals surface area contributed by atoms with Crippen molar-refractivity contribution in [2.24, 2.45) is 5.73 Å². The Morgan fingerprint density at radius 1 is 1.44 bits per heavy atom. The number of piperidine rings is 1. The van der Waals surface area contributed by atoms with Gasteiger partial charge in [-0.25, -0.2) is 9.97 Å². The first kappa shape index (κ1) is 19.6. The maximum atomic E-state index is 13.0. The fourth-order valence-corrected chi connectivity index (χ4v) is 3.05. The zero-order valence-corrected chi connectivity index (χ0v) is 15.6. The Labute approximate surface area is 153 Å². The molecule has 2 rings (SSSR count). The van der Waals surface area contributed by atoms with Gasteiger partial charge in [0.25, 0.3) is 5.91 Å². The van der Waals surface area contributed by atoms with Crippen LogP contribution in [0.25, 0.3) is 0 Å². The average Bonchev–Trinajstić information content (AvgIpc) is 2.60. The van der Waals surface area contributed by atoms with E-state index in [4.69, 9.17) is 17.3 Å². The van der Waals surface area contributed by atoms with E-state index in [0.717, 1.165) is 19.3 Å². The van der Waals surface area contributed by atoms with E-state index >= 15 is 0 Å². The fourth-order valence-electron chi connectivity index (χ4n) is 2.88. The van der Waals surface area contributed by atoms with Crippen LogP contribution in [-0.4, -0.2) is 52.4 Å². The van der Waals surface area contributed by atoms with E-state index in [1.54, 1.807) is 4.90 Å². The molecule has 3 N–H and O–H groups in total. The molecular formula is C17H26ClN5O2. The zero-order chi connectivity index (χ0) is 18.4. The SMILES string of the molecule is CC(C)c1ncc(Cl)c(C(=O)N2CCCCC2CNC(=O)CCN)n1. The third kappa shape index (κ3) is 5.12. The van der Waals surface area contributed by atoms with Gasteiger partial charge in [0.2, 0.25) is 5.91 Å². The first-order valence-electron chi connectivity index (χ1n) is 8.74. The quantitative estimate of drug-likeness (QED) is 0.797. The molecule has 138 valence electrons. The van der Waals surface area contributed by atoms with Crippen molar-refractivity contribution in [2.75, 3.05) is 19.6 Å². The molecule has 25 heavy (non-hydrogen) atoms. The van der Waals surface area contributed by atoms with E-state index in [1.165, 1.54) is 6.20 Å². The van der Waals surface area contributed by atoms with Gasteiger partial charge in [-0.15, -0.1) is 0 Å². The van der Waals surface area contributed by atoms with Crippen LogP contribution in [0.5, 0.6) is 0 Å². The van der Waals surface area contributed by atoms with Crippen molar-refractivity contribution < 1.29 is 9.59 Å². The minimum atomic E-state index is -0.202. The number of halogens is 1. The molecule has 1 aliphatic rings. The number of carbonyl (C=O) groups is 2.